The third kappa shape index (κ3) is 5.75. The Morgan fingerprint density at radius 1 is 1.00 bits per heavy atom. The summed E-state index contributed by atoms with van der Waals surface area (Å²) in [5.41, 5.74) is 1.98. The van der Waals surface area contributed by atoms with Gasteiger partial charge in [0, 0.05) is 6.54 Å². The molecule has 0 aliphatic carbocycles. The standard InChI is InChI=1S/C21H25NO3/c1-15(2)18(12-16-8-4-3-5-9-16)14-22-20(23)13-17-10-6-7-11-19(17)21(24)25/h3-11,15,18H,12-14H2,1-2H3,(H,22,23)(H,24,25). The van der Waals surface area contributed by atoms with Crippen LogP contribution in [0.1, 0.15) is 35.3 Å². The van der Waals surface area contributed by atoms with E-state index in [0.29, 0.717) is 23.9 Å². The van der Waals surface area contributed by atoms with Crippen molar-refractivity contribution in [3.05, 3.63) is 71.3 Å². The van der Waals surface area contributed by atoms with Crippen molar-refractivity contribution in [2.45, 2.75) is 26.7 Å². The number of carboxylic acid groups (broad SMARTS) is 1. The van der Waals surface area contributed by atoms with Crippen LogP contribution in [-0.2, 0) is 17.6 Å². The average Bonchev–Trinajstić information content (AvgIpc) is 2.59. The van der Waals surface area contributed by atoms with Gasteiger partial charge in [-0.25, -0.2) is 4.79 Å². The zero-order valence-electron chi connectivity index (χ0n) is 14.7. The van der Waals surface area contributed by atoms with Gasteiger partial charge in [0.15, 0.2) is 0 Å². The summed E-state index contributed by atoms with van der Waals surface area (Å²) in [7, 11) is 0. The van der Waals surface area contributed by atoms with Crippen LogP contribution < -0.4 is 5.32 Å². The van der Waals surface area contributed by atoms with Crippen LogP contribution in [-0.4, -0.2) is 23.5 Å². The molecule has 1 amide bonds. The van der Waals surface area contributed by atoms with Crippen LogP contribution in [0.3, 0.4) is 0 Å². The molecule has 25 heavy (non-hydrogen) atoms. The number of benzene rings is 2. The van der Waals surface area contributed by atoms with Crippen molar-refractivity contribution in [2.24, 2.45) is 11.8 Å². The van der Waals surface area contributed by atoms with Crippen molar-refractivity contribution in [2.75, 3.05) is 6.54 Å². The van der Waals surface area contributed by atoms with Crippen LogP contribution in [0.4, 0.5) is 0 Å². The first-order chi connectivity index (χ1) is 12.0. The van der Waals surface area contributed by atoms with Gasteiger partial charge >= 0.3 is 5.97 Å². The lowest BCUT2D eigenvalue weighted by Crippen LogP contribution is -2.33. The summed E-state index contributed by atoms with van der Waals surface area (Å²) in [6, 6.07) is 16.9. The maximum absolute atomic E-state index is 12.3. The van der Waals surface area contributed by atoms with Crippen LogP contribution in [0.25, 0.3) is 0 Å². The summed E-state index contributed by atoms with van der Waals surface area (Å²) in [5.74, 6) is -0.382. The molecule has 0 aliphatic heterocycles. The Morgan fingerprint density at radius 2 is 1.64 bits per heavy atom. The largest absolute Gasteiger partial charge is 0.478 e. The minimum absolute atomic E-state index is 0.0820. The van der Waals surface area contributed by atoms with Crippen molar-refractivity contribution in [1.29, 1.82) is 0 Å². The van der Waals surface area contributed by atoms with Gasteiger partial charge in [-0.1, -0.05) is 62.4 Å². The Kier molecular flexibility index (Phi) is 6.75. The van der Waals surface area contributed by atoms with E-state index in [1.807, 2.05) is 18.2 Å². The average molecular weight is 339 g/mol. The summed E-state index contributed by atoms with van der Waals surface area (Å²) < 4.78 is 0. The van der Waals surface area contributed by atoms with E-state index < -0.39 is 5.97 Å². The van der Waals surface area contributed by atoms with Crippen molar-refractivity contribution < 1.29 is 14.7 Å². The molecule has 132 valence electrons. The predicted molar refractivity (Wildman–Crippen MR) is 98.6 cm³/mol. The second kappa shape index (κ2) is 9.02. The number of carbonyl (C=O) groups is 2. The molecule has 0 saturated carbocycles. The van der Waals surface area contributed by atoms with Crippen molar-refractivity contribution in [1.82, 2.24) is 5.32 Å². The van der Waals surface area contributed by atoms with E-state index in [2.05, 4.69) is 31.3 Å². The first-order valence-corrected chi connectivity index (χ1v) is 8.59. The molecule has 0 aliphatic rings. The highest BCUT2D eigenvalue weighted by Crippen LogP contribution is 2.17. The molecule has 2 N–H and O–H groups in total. The number of nitrogens with one attached hydrogen (secondary N) is 1. The van der Waals surface area contributed by atoms with Gasteiger partial charge in [0.2, 0.25) is 5.91 Å². The Balaban J connectivity index is 1.94. The van der Waals surface area contributed by atoms with E-state index in [-0.39, 0.29) is 17.9 Å². The highest BCUT2D eigenvalue weighted by atomic mass is 16.4. The lowest BCUT2D eigenvalue weighted by molar-refractivity contribution is -0.120. The van der Waals surface area contributed by atoms with E-state index in [0.717, 1.165) is 6.42 Å². The minimum Gasteiger partial charge on any atom is -0.478 e. The van der Waals surface area contributed by atoms with Gasteiger partial charge in [-0.2, -0.15) is 0 Å². The molecular weight excluding hydrogens is 314 g/mol. The smallest absolute Gasteiger partial charge is 0.335 e. The quantitative estimate of drug-likeness (QED) is 0.773. The topological polar surface area (TPSA) is 66.4 Å². The fraction of sp³-hybridized carbons (Fsp3) is 0.333. The molecule has 0 bridgehead atoms. The van der Waals surface area contributed by atoms with Gasteiger partial charge in [0.05, 0.1) is 12.0 Å². The van der Waals surface area contributed by atoms with Crippen molar-refractivity contribution in [3.63, 3.8) is 0 Å². The second-order valence-electron chi connectivity index (χ2n) is 6.64. The third-order valence-electron chi connectivity index (χ3n) is 4.44. The van der Waals surface area contributed by atoms with E-state index >= 15 is 0 Å². The van der Waals surface area contributed by atoms with Crippen LogP contribution >= 0.6 is 0 Å². The molecule has 4 nitrogen and oxygen atoms in total. The zero-order chi connectivity index (χ0) is 18.2. The third-order valence-corrected chi connectivity index (χ3v) is 4.44. The predicted octanol–water partition coefficient (Wildman–Crippen LogP) is 3.56. The molecule has 0 spiro atoms. The maximum Gasteiger partial charge on any atom is 0.335 e. The van der Waals surface area contributed by atoms with Crippen LogP contribution in [0.5, 0.6) is 0 Å². The molecular formula is C21H25NO3. The summed E-state index contributed by atoms with van der Waals surface area (Å²) >= 11 is 0. The number of hydrogen-bond donors (Lipinski definition) is 2. The number of amides is 1. The fourth-order valence-corrected chi connectivity index (χ4v) is 2.82. The van der Waals surface area contributed by atoms with Crippen molar-refractivity contribution in [3.8, 4) is 0 Å². The van der Waals surface area contributed by atoms with E-state index in [4.69, 9.17) is 0 Å². The normalized spacial score (nSPS) is 12.0. The van der Waals surface area contributed by atoms with Gasteiger partial charge in [0.25, 0.3) is 0 Å². The number of carboxylic acids is 1. The molecule has 1 unspecified atom stereocenters. The maximum atomic E-state index is 12.3. The van der Waals surface area contributed by atoms with E-state index in [1.54, 1.807) is 18.2 Å². The van der Waals surface area contributed by atoms with E-state index in [9.17, 15) is 14.7 Å². The summed E-state index contributed by atoms with van der Waals surface area (Å²) in [6.07, 6.45) is 0.989. The Bertz CT molecular complexity index is 710. The number of hydrogen-bond acceptors (Lipinski definition) is 2. The molecule has 1 atom stereocenters. The number of rotatable bonds is 8. The molecule has 2 aromatic rings. The van der Waals surface area contributed by atoms with Crippen molar-refractivity contribution >= 4 is 11.9 Å². The summed E-state index contributed by atoms with van der Waals surface area (Å²) in [6.45, 7) is 4.89. The summed E-state index contributed by atoms with van der Waals surface area (Å²) in [4.78, 5) is 23.5. The highest BCUT2D eigenvalue weighted by molar-refractivity contribution is 5.91. The lowest BCUT2D eigenvalue weighted by atomic mass is 9.89. The van der Waals surface area contributed by atoms with Gasteiger partial charge in [-0.05, 0) is 35.4 Å². The molecule has 0 saturated heterocycles. The van der Waals surface area contributed by atoms with Gasteiger partial charge in [0.1, 0.15) is 0 Å². The first-order valence-electron chi connectivity index (χ1n) is 8.59. The first kappa shape index (κ1) is 18.7. The Hall–Kier alpha value is -2.62. The molecule has 2 aromatic carbocycles. The number of carbonyl (C=O) groups excluding carboxylic acids is 1. The molecule has 0 aromatic heterocycles. The molecule has 0 radical (unpaired) electrons. The highest BCUT2D eigenvalue weighted by Gasteiger charge is 2.17. The lowest BCUT2D eigenvalue weighted by Gasteiger charge is -2.21. The molecule has 0 heterocycles. The molecule has 0 fully saturated rings. The SMILES string of the molecule is CC(C)C(CNC(=O)Cc1ccccc1C(=O)O)Cc1ccccc1. The Morgan fingerprint density at radius 3 is 2.28 bits per heavy atom. The molecule has 2 rings (SSSR count). The van der Waals surface area contributed by atoms with Crippen LogP contribution in [0.2, 0.25) is 0 Å². The molecule has 4 heteroatoms. The monoisotopic (exact) mass is 339 g/mol. The zero-order valence-corrected chi connectivity index (χ0v) is 14.7. The summed E-state index contributed by atoms with van der Waals surface area (Å²) in [5, 5.41) is 12.2. The van der Waals surface area contributed by atoms with Gasteiger partial charge in [-0.15, -0.1) is 0 Å². The Labute approximate surface area is 148 Å². The minimum atomic E-state index is -1.01. The van der Waals surface area contributed by atoms with Crippen LogP contribution in [0.15, 0.2) is 54.6 Å². The van der Waals surface area contributed by atoms with Gasteiger partial charge in [-0.3, -0.25) is 4.79 Å². The van der Waals surface area contributed by atoms with Crippen LogP contribution in [0, 0.1) is 11.8 Å². The van der Waals surface area contributed by atoms with E-state index in [1.165, 1.54) is 11.6 Å². The number of aromatic carboxylic acids is 1. The van der Waals surface area contributed by atoms with Gasteiger partial charge < -0.3 is 10.4 Å². The fourth-order valence-electron chi connectivity index (χ4n) is 2.82. The second-order valence-corrected chi connectivity index (χ2v) is 6.64.